The van der Waals surface area contributed by atoms with E-state index in [-0.39, 0.29) is 5.57 Å². The van der Waals surface area contributed by atoms with Crippen molar-refractivity contribution in [1.82, 2.24) is 0 Å². The summed E-state index contributed by atoms with van der Waals surface area (Å²) >= 11 is 0. The predicted octanol–water partition coefficient (Wildman–Crippen LogP) is 2.71. The Bertz CT molecular complexity index is 539. The van der Waals surface area contributed by atoms with Crippen molar-refractivity contribution in [2.45, 2.75) is 90.1 Å². The van der Waals surface area contributed by atoms with Crippen molar-refractivity contribution in [2.75, 3.05) is 13.2 Å². The van der Waals surface area contributed by atoms with Crippen LogP contribution in [0.4, 0.5) is 0 Å². The van der Waals surface area contributed by atoms with Gasteiger partial charge in [0, 0.05) is 15.8 Å². The number of aliphatic hydroxyl groups excluding tert-OH is 1. The zero-order chi connectivity index (χ0) is 25.3. The number of ether oxygens (including phenoxy) is 1. The highest BCUT2D eigenvalue weighted by Crippen LogP contribution is 2.38. The zero-order valence-corrected chi connectivity index (χ0v) is 26.4. The summed E-state index contributed by atoms with van der Waals surface area (Å²) in [6.07, 6.45) is 0.854. The maximum atomic E-state index is 11.3. The van der Waals surface area contributed by atoms with E-state index in [2.05, 4.69) is 6.58 Å². The van der Waals surface area contributed by atoms with Crippen LogP contribution in [0.25, 0.3) is 0 Å². The molecule has 31 heavy (non-hydrogen) atoms. The van der Waals surface area contributed by atoms with Gasteiger partial charge in [-0.15, -0.1) is 0 Å². The monoisotopic (exact) mass is 514 g/mol. The van der Waals surface area contributed by atoms with E-state index in [1.165, 1.54) is 6.92 Å². The highest BCUT2D eigenvalue weighted by Gasteiger charge is 2.60. The van der Waals surface area contributed by atoms with Gasteiger partial charge < -0.3 is 33.3 Å². The zero-order valence-electron chi connectivity index (χ0n) is 21.4. The van der Waals surface area contributed by atoms with Crippen molar-refractivity contribution in [3.8, 4) is 0 Å². The molecular weight excluding hydrogens is 469 g/mol. The molecule has 1 unspecified atom stereocenters. The van der Waals surface area contributed by atoms with Crippen LogP contribution >= 0.6 is 0 Å². The molecule has 0 radical (unpaired) electrons. The number of aliphatic carboxylic acids is 1. The van der Waals surface area contributed by atoms with E-state index in [9.17, 15) is 15.0 Å². The van der Waals surface area contributed by atoms with Gasteiger partial charge in [0.2, 0.25) is 0 Å². The first-order valence-electron chi connectivity index (χ1n) is 10.6. The standard InChI is InChI=1S/C15H40O6Si4.C4H6O2/c1-23(2,3)19-14(17,13-16)15(18-11-10-12-22,20-24(4,5)6)21-25(7,8)9;1-3(2)4(5)6/h16-17H,10-13H2,1-9,22H3;1H2,2H3,(H,5,6). The van der Waals surface area contributed by atoms with E-state index >= 15 is 0 Å². The van der Waals surface area contributed by atoms with Crippen molar-refractivity contribution in [3.63, 3.8) is 0 Å². The summed E-state index contributed by atoms with van der Waals surface area (Å²) in [6.45, 7) is 22.1. The van der Waals surface area contributed by atoms with Crippen LogP contribution in [0.1, 0.15) is 13.3 Å². The molecule has 3 N–H and O–H groups in total. The summed E-state index contributed by atoms with van der Waals surface area (Å²) in [5, 5.41) is 29.3. The van der Waals surface area contributed by atoms with E-state index in [0.29, 0.717) is 6.61 Å². The number of aliphatic hydroxyl groups is 2. The van der Waals surface area contributed by atoms with Gasteiger partial charge in [0.1, 0.15) is 6.61 Å². The molecule has 8 nitrogen and oxygen atoms in total. The molecule has 0 saturated carbocycles. The first-order chi connectivity index (χ1) is 13.6. The van der Waals surface area contributed by atoms with Crippen molar-refractivity contribution < 1.29 is 38.1 Å². The number of hydrogen-bond acceptors (Lipinski definition) is 7. The van der Waals surface area contributed by atoms with Crippen LogP contribution in [-0.2, 0) is 22.8 Å². The third kappa shape index (κ3) is 14.6. The number of carboxylic acids is 1. The Kier molecular flexibility index (Phi) is 13.8. The second kappa shape index (κ2) is 12.9. The molecule has 0 spiro atoms. The molecule has 186 valence electrons. The van der Waals surface area contributed by atoms with Gasteiger partial charge in [-0.1, -0.05) is 12.6 Å². The second-order valence-electron chi connectivity index (χ2n) is 10.4. The van der Waals surface area contributed by atoms with Gasteiger partial charge in [0.05, 0.1) is 6.61 Å². The van der Waals surface area contributed by atoms with Crippen molar-refractivity contribution in [1.29, 1.82) is 0 Å². The molecule has 0 aliphatic rings. The number of carbonyl (C=O) groups is 1. The topological polar surface area (TPSA) is 115 Å². The minimum atomic E-state index is -2.23. The van der Waals surface area contributed by atoms with Crippen LogP contribution in [0, 0.1) is 0 Å². The molecule has 0 aromatic rings. The predicted molar refractivity (Wildman–Crippen MR) is 136 cm³/mol. The van der Waals surface area contributed by atoms with E-state index in [1.807, 2.05) is 58.9 Å². The van der Waals surface area contributed by atoms with Gasteiger partial charge in [-0.25, -0.2) is 4.79 Å². The highest BCUT2D eigenvalue weighted by molar-refractivity contribution is 6.71. The highest BCUT2D eigenvalue weighted by atomic mass is 28.4. The molecule has 12 heteroatoms. The summed E-state index contributed by atoms with van der Waals surface area (Å²) in [4.78, 5) is 9.60. The Labute approximate surface area is 194 Å². The maximum absolute atomic E-state index is 11.3. The van der Waals surface area contributed by atoms with Crippen molar-refractivity contribution >= 4 is 41.2 Å². The molecule has 0 rings (SSSR count). The molecule has 0 amide bonds. The Morgan fingerprint density at radius 2 is 1.29 bits per heavy atom. The fourth-order valence-electron chi connectivity index (χ4n) is 2.21. The lowest BCUT2D eigenvalue weighted by atomic mass is 10.2. The first-order valence-corrected chi connectivity index (χ1v) is 22.2. The van der Waals surface area contributed by atoms with Gasteiger partial charge in [-0.2, -0.15) is 0 Å². The summed E-state index contributed by atoms with van der Waals surface area (Å²) in [5.74, 6) is -4.81. The lowest BCUT2D eigenvalue weighted by molar-refractivity contribution is -0.440. The van der Waals surface area contributed by atoms with Gasteiger partial charge in [0.25, 0.3) is 5.79 Å². The molecule has 0 heterocycles. The van der Waals surface area contributed by atoms with Gasteiger partial charge >= 0.3 is 11.9 Å². The van der Waals surface area contributed by atoms with E-state index in [0.717, 1.165) is 22.7 Å². The molecule has 0 aliphatic heterocycles. The average Bonchev–Trinajstić information content (AvgIpc) is 2.50. The van der Waals surface area contributed by atoms with Gasteiger partial charge in [-0.05, 0) is 72.3 Å². The summed E-state index contributed by atoms with van der Waals surface area (Å²) in [5.41, 5.74) is 0.176. The van der Waals surface area contributed by atoms with Crippen LogP contribution in [0.3, 0.4) is 0 Å². The molecular formula is C19H46O8Si4. The lowest BCUT2D eigenvalue weighted by Crippen LogP contribution is -2.70. The van der Waals surface area contributed by atoms with E-state index in [4.69, 9.17) is 23.1 Å². The SMILES string of the molecule is C=C(C)C(=O)O.C[Si](C)(C)OC(O)(CO)C(OCCC[SiH3])(O[Si](C)(C)C)O[Si](C)(C)C. The summed E-state index contributed by atoms with van der Waals surface area (Å²) in [7, 11) is -5.57. The van der Waals surface area contributed by atoms with Crippen LogP contribution in [0.5, 0.6) is 0 Å². The fourth-order valence-corrected chi connectivity index (χ4v) is 5.91. The molecule has 0 aromatic carbocycles. The number of carboxylic acid groups (broad SMARTS) is 1. The molecule has 0 bridgehead atoms. The van der Waals surface area contributed by atoms with Crippen LogP contribution in [-0.4, -0.2) is 81.5 Å². The third-order valence-corrected chi connectivity index (χ3v) is 6.62. The van der Waals surface area contributed by atoms with Crippen molar-refractivity contribution in [3.05, 3.63) is 12.2 Å². The summed E-state index contributed by atoms with van der Waals surface area (Å²) < 4.78 is 24.6. The average molecular weight is 515 g/mol. The second-order valence-corrected chi connectivity index (χ2v) is 24.7. The van der Waals surface area contributed by atoms with Crippen molar-refractivity contribution in [2.24, 2.45) is 0 Å². The van der Waals surface area contributed by atoms with Gasteiger partial charge in [0.15, 0.2) is 25.0 Å². The molecule has 1 atom stereocenters. The van der Waals surface area contributed by atoms with E-state index in [1.54, 1.807) is 0 Å². The van der Waals surface area contributed by atoms with Gasteiger partial charge in [-0.3, -0.25) is 0 Å². The smallest absolute Gasteiger partial charge is 0.330 e. The van der Waals surface area contributed by atoms with E-state index < -0.39 is 49.3 Å². The maximum Gasteiger partial charge on any atom is 0.330 e. The Morgan fingerprint density at radius 3 is 1.52 bits per heavy atom. The first kappa shape index (κ1) is 33.0. The Balaban J connectivity index is 0. The number of rotatable bonds is 13. The largest absolute Gasteiger partial charge is 0.478 e. The quantitative estimate of drug-likeness (QED) is 0.149. The Hall–Kier alpha value is -0.162. The number of hydrogen-bond donors (Lipinski definition) is 3. The Morgan fingerprint density at radius 1 is 0.935 bits per heavy atom. The molecule has 0 saturated heterocycles. The normalized spacial score (nSPS) is 15.1. The van der Waals surface area contributed by atoms with Crippen LogP contribution < -0.4 is 0 Å². The lowest BCUT2D eigenvalue weighted by Gasteiger charge is -2.51. The molecule has 0 aliphatic carbocycles. The molecule has 0 aromatic heterocycles. The fraction of sp³-hybridized carbons (Fsp3) is 0.842. The minimum absolute atomic E-state index is 0.176. The van der Waals surface area contributed by atoms with Crippen LogP contribution in [0.15, 0.2) is 12.2 Å². The van der Waals surface area contributed by atoms with Crippen LogP contribution in [0.2, 0.25) is 65.0 Å². The minimum Gasteiger partial charge on any atom is -0.478 e. The third-order valence-electron chi connectivity index (χ3n) is 3.20. The summed E-state index contributed by atoms with van der Waals surface area (Å²) in [6, 6.07) is 1.07. The molecule has 0 fully saturated rings.